The third-order valence-corrected chi connectivity index (χ3v) is 3.91. The molecule has 1 amide bonds. The average Bonchev–Trinajstić information content (AvgIpc) is 2.47. The fraction of sp³-hybridized carbons (Fsp3) is 0.556. The Bertz CT molecular complexity index is 578. The number of rotatable bonds is 6. The normalized spacial score (nSPS) is 16.2. The minimum Gasteiger partial charge on any atom is -0.476 e. The first-order valence-electron chi connectivity index (χ1n) is 8.09. The Labute approximate surface area is 132 Å². The summed E-state index contributed by atoms with van der Waals surface area (Å²) in [6.45, 7) is 8.30. The molecule has 0 bridgehead atoms. The number of fused-ring (bicyclic) bond motifs is 1. The van der Waals surface area contributed by atoms with E-state index in [1.165, 1.54) is 0 Å². The zero-order valence-corrected chi connectivity index (χ0v) is 13.9. The summed E-state index contributed by atoms with van der Waals surface area (Å²) in [5.74, 6) is 0.736. The number of nitrogens with zero attached hydrogens (tertiary/aromatic N) is 1. The smallest absolute Gasteiger partial charge is 0.270 e. The molecular formula is C18H25NO3. The van der Waals surface area contributed by atoms with Crippen molar-refractivity contribution in [2.24, 2.45) is 0 Å². The Morgan fingerprint density at radius 2 is 1.95 bits per heavy atom. The van der Waals surface area contributed by atoms with Crippen LogP contribution in [0.2, 0.25) is 0 Å². The molecule has 1 aromatic rings. The standard InChI is InChI=1S/C18H25NO3/c1-5-7-11-19-14-12-13(15(20)8-6-2)9-10-16(14)22-18(3,4)17(19)21/h9-10,12H,5-8,11H2,1-4H3. The van der Waals surface area contributed by atoms with Gasteiger partial charge in [0.1, 0.15) is 5.75 Å². The maximum absolute atomic E-state index is 12.6. The zero-order chi connectivity index (χ0) is 16.3. The largest absolute Gasteiger partial charge is 0.476 e. The van der Waals surface area contributed by atoms with Crippen LogP contribution >= 0.6 is 0 Å². The summed E-state index contributed by atoms with van der Waals surface area (Å²) < 4.78 is 5.83. The number of anilines is 1. The minimum absolute atomic E-state index is 0.0476. The molecule has 1 aliphatic heterocycles. The number of carbonyl (C=O) groups excluding carboxylic acids is 2. The predicted octanol–water partition coefficient (Wildman–Crippen LogP) is 3.97. The van der Waals surface area contributed by atoms with Gasteiger partial charge in [-0.1, -0.05) is 20.3 Å². The summed E-state index contributed by atoms with van der Waals surface area (Å²) in [5, 5.41) is 0. The molecule has 1 aliphatic rings. The van der Waals surface area contributed by atoms with Gasteiger partial charge in [0.15, 0.2) is 11.4 Å². The molecule has 0 saturated heterocycles. The van der Waals surface area contributed by atoms with Crippen molar-refractivity contribution in [2.45, 2.75) is 59.0 Å². The van der Waals surface area contributed by atoms with E-state index in [0.717, 1.165) is 24.9 Å². The Morgan fingerprint density at radius 3 is 2.59 bits per heavy atom. The highest BCUT2D eigenvalue weighted by Crippen LogP contribution is 2.38. The van der Waals surface area contributed by atoms with Gasteiger partial charge in [-0.15, -0.1) is 0 Å². The summed E-state index contributed by atoms with van der Waals surface area (Å²) in [6, 6.07) is 5.40. The second-order valence-corrected chi connectivity index (χ2v) is 6.28. The number of benzene rings is 1. The van der Waals surface area contributed by atoms with Crippen LogP contribution < -0.4 is 9.64 Å². The van der Waals surface area contributed by atoms with Crippen molar-refractivity contribution in [1.29, 1.82) is 0 Å². The van der Waals surface area contributed by atoms with E-state index < -0.39 is 5.60 Å². The Kier molecular flexibility index (Phi) is 4.89. The second-order valence-electron chi connectivity index (χ2n) is 6.28. The molecule has 0 aliphatic carbocycles. The quantitative estimate of drug-likeness (QED) is 0.747. The predicted molar refractivity (Wildman–Crippen MR) is 87.6 cm³/mol. The van der Waals surface area contributed by atoms with Crippen molar-refractivity contribution in [3.63, 3.8) is 0 Å². The highest BCUT2D eigenvalue weighted by atomic mass is 16.5. The Morgan fingerprint density at radius 1 is 1.23 bits per heavy atom. The summed E-state index contributed by atoms with van der Waals surface area (Å²) >= 11 is 0. The van der Waals surface area contributed by atoms with Crippen LogP contribution in [-0.2, 0) is 4.79 Å². The van der Waals surface area contributed by atoms with E-state index in [1.54, 1.807) is 30.9 Å². The van der Waals surface area contributed by atoms with Gasteiger partial charge in [-0.3, -0.25) is 9.59 Å². The van der Waals surface area contributed by atoms with E-state index in [1.807, 2.05) is 13.0 Å². The van der Waals surface area contributed by atoms with E-state index in [4.69, 9.17) is 4.74 Å². The molecule has 0 unspecified atom stereocenters. The molecule has 0 N–H and O–H groups in total. The molecular weight excluding hydrogens is 278 g/mol. The monoisotopic (exact) mass is 303 g/mol. The van der Waals surface area contributed by atoms with Crippen molar-refractivity contribution in [2.75, 3.05) is 11.4 Å². The van der Waals surface area contributed by atoms with Crippen LogP contribution in [-0.4, -0.2) is 23.8 Å². The number of hydrogen-bond donors (Lipinski definition) is 0. The van der Waals surface area contributed by atoms with Gasteiger partial charge >= 0.3 is 0 Å². The average molecular weight is 303 g/mol. The van der Waals surface area contributed by atoms with E-state index in [2.05, 4.69) is 6.92 Å². The maximum Gasteiger partial charge on any atom is 0.270 e. The first-order chi connectivity index (χ1) is 10.4. The third-order valence-electron chi connectivity index (χ3n) is 3.91. The third kappa shape index (κ3) is 3.16. The van der Waals surface area contributed by atoms with Crippen molar-refractivity contribution in [1.82, 2.24) is 0 Å². The van der Waals surface area contributed by atoms with Gasteiger partial charge in [0.05, 0.1) is 5.69 Å². The van der Waals surface area contributed by atoms with E-state index >= 15 is 0 Å². The molecule has 0 aromatic heterocycles. The number of Topliss-reactive ketones (excluding diaryl/α,β-unsaturated/α-hetero) is 1. The number of ketones is 1. The lowest BCUT2D eigenvalue weighted by Gasteiger charge is -2.39. The topological polar surface area (TPSA) is 46.6 Å². The van der Waals surface area contributed by atoms with Crippen molar-refractivity contribution >= 4 is 17.4 Å². The van der Waals surface area contributed by atoms with E-state index in [0.29, 0.717) is 24.3 Å². The van der Waals surface area contributed by atoms with Crippen LogP contribution in [0.25, 0.3) is 0 Å². The highest BCUT2D eigenvalue weighted by Gasteiger charge is 2.40. The summed E-state index contributed by atoms with van der Waals surface area (Å²) in [5.41, 5.74) is 0.508. The highest BCUT2D eigenvalue weighted by molar-refractivity contribution is 6.04. The van der Waals surface area contributed by atoms with E-state index in [-0.39, 0.29) is 11.7 Å². The van der Waals surface area contributed by atoms with Crippen LogP contribution in [0, 0.1) is 0 Å². The Balaban J connectivity index is 2.41. The maximum atomic E-state index is 12.6. The molecule has 0 radical (unpaired) electrons. The molecule has 22 heavy (non-hydrogen) atoms. The van der Waals surface area contributed by atoms with Crippen LogP contribution in [0.4, 0.5) is 5.69 Å². The van der Waals surface area contributed by atoms with E-state index in [9.17, 15) is 9.59 Å². The lowest BCUT2D eigenvalue weighted by Crippen LogP contribution is -2.52. The first-order valence-corrected chi connectivity index (χ1v) is 8.09. The number of amides is 1. The van der Waals surface area contributed by atoms with Crippen molar-refractivity contribution in [3.8, 4) is 5.75 Å². The number of hydrogen-bond acceptors (Lipinski definition) is 3. The minimum atomic E-state index is -0.865. The first kappa shape index (κ1) is 16.5. The van der Waals surface area contributed by atoms with Gasteiger partial charge in [-0.2, -0.15) is 0 Å². The molecule has 1 heterocycles. The molecule has 2 rings (SSSR count). The molecule has 4 nitrogen and oxygen atoms in total. The van der Waals surface area contributed by atoms with Crippen LogP contribution in [0.5, 0.6) is 5.75 Å². The van der Waals surface area contributed by atoms with Gasteiger partial charge in [-0.05, 0) is 44.9 Å². The van der Waals surface area contributed by atoms with Gasteiger partial charge < -0.3 is 9.64 Å². The molecule has 0 spiro atoms. The van der Waals surface area contributed by atoms with Gasteiger partial charge in [0, 0.05) is 18.5 Å². The lowest BCUT2D eigenvalue weighted by atomic mass is 10.0. The van der Waals surface area contributed by atoms with Crippen LogP contribution in [0.15, 0.2) is 18.2 Å². The zero-order valence-electron chi connectivity index (χ0n) is 13.9. The summed E-state index contributed by atoms with van der Waals surface area (Å²) in [7, 11) is 0. The van der Waals surface area contributed by atoms with Gasteiger partial charge in [0.2, 0.25) is 0 Å². The fourth-order valence-corrected chi connectivity index (χ4v) is 2.65. The SMILES string of the molecule is CCCCN1C(=O)C(C)(C)Oc2ccc(C(=O)CCC)cc21. The van der Waals surface area contributed by atoms with Crippen molar-refractivity contribution in [3.05, 3.63) is 23.8 Å². The molecule has 0 fully saturated rings. The number of carbonyl (C=O) groups is 2. The van der Waals surface area contributed by atoms with Gasteiger partial charge in [0.25, 0.3) is 5.91 Å². The molecule has 120 valence electrons. The van der Waals surface area contributed by atoms with Crippen LogP contribution in [0.1, 0.15) is 63.7 Å². The fourth-order valence-electron chi connectivity index (χ4n) is 2.65. The molecule has 0 atom stereocenters. The second kappa shape index (κ2) is 6.51. The van der Waals surface area contributed by atoms with Crippen LogP contribution in [0.3, 0.4) is 0 Å². The number of ether oxygens (including phenoxy) is 1. The molecule has 1 aromatic carbocycles. The Hall–Kier alpha value is -1.84. The molecule has 4 heteroatoms. The van der Waals surface area contributed by atoms with Crippen molar-refractivity contribution < 1.29 is 14.3 Å². The summed E-state index contributed by atoms with van der Waals surface area (Å²) in [6.07, 6.45) is 3.27. The summed E-state index contributed by atoms with van der Waals surface area (Å²) in [4.78, 5) is 26.5. The lowest BCUT2D eigenvalue weighted by molar-refractivity contribution is -0.132. The number of unbranched alkanes of at least 4 members (excludes halogenated alkanes) is 1. The molecule has 0 saturated carbocycles. The van der Waals surface area contributed by atoms with Gasteiger partial charge in [-0.25, -0.2) is 0 Å².